The van der Waals surface area contributed by atoms with Crippen molar-refractivity contribution in [3.05, 3.63) is 28.8 Å². The lowest BCUT2D eigenvalue weighted by Gasteiger charge is -2.13. The predicted octanol–water partition coefficient (Wildman–Crippen LogP) is 2.91. The van der Waals surface area contributed by atoms with Crippen molar-refractivity contribution >= 4 is 23.2 Å². The Morgan fingerprint density at radius 3 is 2.76 bits per heavy atom. The monoisotopic (exact) mass is 252 g/mol. The van der Waals surface area contributed by atoms with Gasteiger partial charge in [-0.1, -0.05) is 18.5 Å². The zero-order valence-electron chi connectivity index (χ0n) is 10.1. The second kappa shape index (κ2) is 4.57. The minimum Gasteiger partial charge on any atom is -0.387 e. The molecule has 1 amide bonds. The van der Waals surface area contributed by atoms with Crippen molar-refractivity contribution in [1.82, 2.24) is 5.32 Å². The molecule has 0 saturated heterocycles. The van der Waals surface area contributed by atoms with E-state index in [2.05, 4.69) is 17.6 Å². The fourth-order valence-corrected chi connectivity index (χ4v) is 1.87. The van der Waals surface area contributed by atoms with Crippen LogP contribution in [-0.4, -0.2) is 19.5 Å². The molecule has 0 bridgehead atoms. The van der Waals surface area contributed by atoms with Gasteiger partial charge in [0.2, 0.25) is 0 Å². The van der Waals surface area contributed by atoms with Gasteiger partial charge in [0.25, 0.3) is 5.91 Å². The van der Waals surface area contributed by atoms with Gasteiger partial charge in [0.15, 0.2) is 0 Å². The Hall–Kier alpha value is -1.22. The molecule has 1 aromatic carbocycles. The van der Waals surface area contributed by atoms with Gasteiger partial charge in [0, 0.05) is 24.3 Å². The van der Waals surface area contributed by atoms with Crippen LogP contribution in [0.2, 0.25) is 5.02 Å². The quantitative estimate of drug-likeness (QED) is 0.865. The normalized spacial score (nSPS) is 16.4. The molecule has 0 atom stereocenters. The number of amides is 1. The summed E-state index contributed by atoms with van der Waals surface area (Å²) in [6.45, 7) is 2.92. The molecule has 0 heterocycles. The van der Waals surface area contributed by atoms with Gasteiger partial charge in [-0.2, -0.15) is 0 Å². The molecule has 3 nitrogen and oxygen atoms in total. The number of anilines is 1. The highest BCUT2D eigenvalue weighted by molar-refractivity contribution is 6.31. The van der Waals surface area contributed by atoms with Crippen LogP contribution < -0.4 is 10.6 Å². The van der Waals surface area contributed by atoms with Gasteiger partial charge in [-0.25, -0.2) is 0 Å². The van der Waals surface area contributed by atoms with E-state index in [9.17, 15) is 4.79 Å². The Morgan fingerprint density at radius 2 is 2.18 bits per heavy atom. The average molecular weight is 253 g/mol. The molecule has 17 heavy (non-hydrogen) atoms. The Bertz CT molecular complexity index is 441. The third-order valence-corrected chi connectivity index (χ3v) is 3.51. The van der Waals surface area contributed by atoms with Crippen molar-refractivity contribution < 1.29 is 4.79 Å². The lowest BCUT2D eigenvalue weighted by atomic mass is 10.1. The van der Waals surface area contributed by atoms with E-state index in [0.717, 1.165) is 12.2 Å². The van der Waals surface area contributed by atoms with Gasteiger partial charge in [0.05, 0.1) is 5.56 Å². The van der Waals surface area contributed by atoms with Crippen LogP contribution in [0.1, 0.15) is 30.1 Å². The number of nitrogens with one attached hydrogen (secondary N) is 2. The van der Waals surface area contributed by atoms with Crippen LogP contribution >= 0.6 is 11.6 Å². The standard InChI is InChI=1S/C13H17ClN2O/c1-13(5-6-13)8-16-12(17)10-7-9(14)3-4-11(10)15-2/h3-4,7,15H,5-6,8H2,1-2H3,(H,16,17). The first-order valence-corrected chi connectivity index (χ1v) is 6.17. The molecule has 1 fully saturated rings. The number of halogens is 1. The molecule has 1 aliphatic rings. The van der Waals surface area contributed by atoms with Gasteiger partial charge in [0.1, 0.15) is 0 Å². The summed E-state index contributed by atoms with van der Waals surface area (Å²) in [6.07, 6.45) is 2.39. The molecule has 0 aliphatic heterocycles. The minimum absolute atomic E-state index is 0.0648. The lowest BCUT2D eigenvalue weighted by molar-refractivity contribution is 0.0947. The van der Waals surface area contributed by atoms with Gasteiger partial charge in [-0.3, -0.25) is 4.79 Å². The van der Waals surface area contributed by atoms with E-state index in [1.165, 1.54) is 12.8 Å². The number of hydrogen-bond donors (Lipinski definition) is 2. The molecular formula is C13H17ClN2O. The molecule has 0 aromatic heterocycles. The summed E-state index contributed by atoms with van der Waals surface area (Å²) in [5.41, 5.74) is 1.71. The van der Waals surface area contributed by atoms with Crippen molar-refractivity contribution in [3.8, 4) is 0 Å². The molecular weight excluding hydrogens is 236 g/mol. The summed E-state index contributed by atoms with van der Waals surface area (Å²) in [6, 6.07) is 5.28. The smallest absolute Gasteiger partial charge is 0.253 e. The first-order chi connectivity index (χ1) is 8.04. The van der Waals surface area contributed by atoms with Crippen molar-refractivity contribution in [2.75, 3.05) is 18.9 Å². The summed E-state index contributed by atoms with van der Waals surface area (Å²) < 4.78 is 0. The summed E-state index contributed by atoms with van der Waals surface area (Å²) in [5, 5.41) is 6.54. The molecule has 4 heteroatoms. The third kappa shape index (κ3) is 2.91. The van der Waals surface area contributed by atoms with Crippen molar-refractivity contribution in [2.24, 2.45) is 5.41 Å². The van der Waals surface area contributed by atoms with Gasteiger partial charge >= 0.3 is 0 Å². The fourth-order valence-electron chi connectivity index (χ4n) is 1.70. The van der Waals surface area contributed by atoms with Crippen LogP contribution in [-0.2, 0) is 0 Å². The number of carbonyl (C=O) groups is 1. The van der Waals surface area contributed by atoms with Crippen molar-refractivity contribution in [2.45, 2.75) is 19.8 Å². The zero-order chi connectivity index (χ0) is 12.5. The minimum atomic E-state index is -0.0648. The Kier molecular flexibility index (Phi) is 3.29. The van der Waals surface area contributed by atoms with Gasteiger partial charge < -0.3 is 10.6 Å². The van der Waals surface area contributed by atoms with E-state index < -0.39 is 0 Å². The largest absolute Gasteiger partial charge is 0.387 e. The van der Waals surface area contributed by atoms with Crippen molar-refractivity contribution in [3.63, 3.8) is 0 Å². The number of benzene rings is 1. The molecule has 1 aromatic rings. The first kappa shape index (κ1) is 12.2. The maximum absolute atomic E-state index is 12.0. The Balaban J connectivity index is 2.09. The van der Waals surface area contributed by atoms with Crippen LogP contribution in [0.4, 0.5) is 5.69 Å². The molecule has 2 N–H and O–H groups in total. The topological polar surface area (TPSA) is 41.1 Å². The molecule has 1 aliphatic carbocycles. The van der Waals surface area contributed by atoms with Crippen LogP contribution in [0.5, 0.6) is 0 Å². The van der Waals surface area contributed by atoms with Crippen molar-refractivity contribution in [1.29, 1.82) is 0 Å². The SMILES string of the molecule is CNc1ccc(Cl)cc1C(=O)NCC1(C)CC1. The Morgan fingerprint density at radius 1 is 1.47 bits per heavy atom. The molecule has 0 unspecified atom stereocenters. The second-order valence-electron chi connectivity index (χ2n) is 4.93. The highest BCUT2D eigenvalue weighted by atomic mass is 35.5. The highest BCUT2D eigenvalue weighted by Gasteiger charge is 2.37. The van der Waals surface area contributed by atoms with E-state index in [4.69, 9.17) is 11.6 Å². The molecule has 1 saturated carbocycles. The summed E-state index contributed by atoms with van der Waals surface area (Å²) in [5.74, 6) is -0.0648. The third-order valence-electron chi connectivity index (χ3n) is 3.27. The number of carbonyl (C=O) groups excluding carboxylic acids is 1. The highest BCUT2D eigenvalue weighted by Crippen LogP contribution is 2.44. The van der Waals surface area contributed by atoms with Crippen LogP contribution in [0.3, 0.4) is 0 Å². The van der Waals surface area contributed by atoms with Crippen LogP contribution in [0.15, 0.2) is 18.2 Å². The van der Waals surface area contributed by atoms with E-state index in [1.54, 1.807) is 19.2 Å². The summed E-state index contributed by atoms with van der Waals surface area (Å²) in [4.78, 5) is 12.0. The van der Waals surface area contributed by atoms with E-state index in [1.807, 2.05) is 6.07 Å². The second-order valence-corrected chi connectivity index (χ2v) is 5.37. The van der Waals surface area contributed by atoms with Crippen LogP contribution in [0.25, 0.3) is 0 Å². The van der Waals surface area contributed by atoms with E-state index >= 15 is 0 Å². The lowest BCUT2D eigenvalue weighted by Crippen LogP contribution is -2.29. The van der Waals surface area contributed by atoms with Crippen LogP contribution in [0, 0.1) is 5.41 Å². The summed E-state index contributed by atoms with van der Waals surface area (Å²) in [7, 11) is 1.79. The maximum atomic E-state index is 12.0. The molecule has 0 radical (unpaired) electrons. The molecule has 92 valence electrons. The summed E-state index contributed by atoms with van der Waals surface area (Å²) >= 11 is 5.91. The number of rotatable bonds is 4. The van der Waals surface area contributed by atoms with Gasteiger partial charge in [-0.15, -0.1) is 0 Å². The van der Waals surface area contributed by atoms with E-state index in [0.29, 0.717) is 16.0 Å². The maximum Gasteiger partial charge on any atom is 0.253 e. The first-order valence-electron chi connectivity index (χ1n) is 5.80. The van der Waals surface area contributed by atoms with E-state index in [-0.39, 0.29) is 5.91 Å². The van der Waals surface area contributed by atoms with Gasteiger partial charge in [-0.05, 0) is 36.5 Å². The molecule has 0 spiro atoms. The zero-order valence-corrected chi connectivity index (χ0v) is 10.9. The predicted molar refractivity (Wildman–Crippen MR) is 70.7 cm³/mol. The Labute approximate surface area is 107 Å². The number of hydrogen-bond acceptors (Lipinski definition) is 2. The fraction of sp³-hybridized carbons (Fsp3) is 0.462. The molecule has 2 rings (SSSR count). The average Bonchev–Trinajstić information content (AvgIpc) is 3.05.